The number of benzene rings is 2. The van der Waals surface area contributed by atoms with Crippen molar-refractivity contribution in [2.45, 2.75) is 38.8 Å². The molecule has 0 radical (unpaired) electrons. The maximum absolute atomic E-state index is 13.3. The summed E-state index contributed by atoms with van der Waals surface area (Å²) in [5.74, 6) is 0.141. The summed E-state index contributed by atoms with van der Waals surface area (Å²) in [5, 5.41) is 2.75. The van der Waals surface area contributed by atoms with Gasteiger partial charge in [0.1, 0.15) is 0 Å². The monoisotopic (exact) mass is 499 g/mol. The number of fused-ring (bicyclic) bond motifs is 1. The highest BCUT2D eigenvalue weighted by Gasteiger charge is 2.30. The van der Waals surface area contributed by atoms with Gasteiger partial charge in [0.05, 0.1) is 16.6 Å². The van der Waals surface area contributed by atoms with Gasteiger partial charge in [-0.2, -0.15) is 13.2 Å². The fourth-order valence-electron chi connectivity index (χ4n) is 4.46. The summed E-state index contributed by atoms with van der Waals surface area (Å²) in [6, 6.07) is 11.8. The smallest absolute Gasteiger partial charge is 0.398 e. The van der Waals surface area contributed by atoms with Crippen molar-refractivity contribution in [2.75, 3.05) is 18.4 Å². The molecule has 190 valence electrons. The van der Waals surface area contributed by atoms with Crippen LogP contribution in [-0.2, 0) is 15.8 Å². The molecule has 0 aliphatic carbocycles. The molecule has 0 spiro atoms. The summed E-state index contributed by atoms with van der Waals surface area (Å²) in [6.45, 7) is 2.88. The molecule has 1 aliphatic heterocycles. The molecule has 36 heavy (non-hydrogen) atoms. The van der Waals surface area contributed by atoms with Crippen LogP contribution in [-0.4, -0.2) is 39.8 Å². The fraction of sp³-hybridized carbons (Fsp3) is 0.346. The number of alkyl halides is 3. The molecule has 3 aromatic rings. The zero-order chi connectivity index (χ0) is 25.9. The number of imidazole rings is 1. The molecule has 2 aromatic carbocycles. The van der Waals surface area contributed by atoms with Crippen LogP contribution in [0, 0.1) is 5.92 Å². The standard InChI is InChI=1S/C26H28F3N5O2/c1-16(35)34-14-12-17(13-15-34)6-11-20(23(30)18-7-9-19(10-8-18)26(27,28)29)24(36)33-25-31-21-4-2-3-5-22(21)32-25/h2-5,7-10,17H,6,11-15,30H2,1H3,(H2,31,32,33,36)/b23-20-. The molecule has 1 aliphatic rings. The van der Waals surface area contributed by atoms with E-state index in [0.29, 0.717) is 42.9 Å². The highest BCUT2D eigenvalue weighted by Crippen LogP contribution is 2.31. The Balaban J connectivity index is 1.56. The average Bonchev–Trinajstić information content (AvgIpc) is 3.26. The van der Waals surface area contributed by atoms with Gasteiger partial charge < -0.3 is 15.6 Å². The highest BCUT2D eigenvalue weighted by molar-refractivity contribution is 6.08. The van der Waals surface area contributed by atoms with E-state index in [4.69, 9.17) is 5.73 Å². The Hall–Kier alpha value is -3.82. The number of nitrogens with zero attached hydrogens (tertiary/aromatic N) is 2. The Morgan fingerprint density at radius 2 is 1.78 bits per heavy atom. The molecule has 2 amide bonds. The zero-order valence-corrected chi connectivity index (χ0v) is 19.9. The molecule has 2 heterocycles. The molecule has 0 bridgehead atoms. The van der Waals surface area contributed by atoms with Crippen molar-refractivity contribution in [3.05, 3.63) is 65.2 Å². The number of nitrogens with one attached hydrogen (secondary N) is 2. The molecule has 0 unspecified atom stereocenters. The largest absolute Gasteiger partial charge is 0.416 e. The second-order valence-electron chi connectivity index (χ2n) is 9.01. The van der Waals surface area contributed by atoms with Gasteiger partial charge in [0.25, 0.3) is 5.91 Å². The van der Waals surface area contributed by atoms with Gasteiger partial charge in [-0.15, -0.1) is 0 Å². The minimum absolute atomic E-state index is 0.0470. The molecule has 0 atom stereocenters. The SMILES string of the molecule is CC(=O)N1CCC(CC/C(C(=O)Nc2nc3ccccc3[nH]2)=C(/N)c2ccc(C(F)(F)F)cc2)CC1. The van der Waals surface area contributed by atoms with Crippen molar-refractivity contribution in [3.8, 4) is 0 Å². The fourth-order valence-corrected chi connectivity index (χ4v) is 4.46. The number of aromatic nitrogens is 2. The number of carbonyl (C=O) groups is 2. The van der Waals surface area contributed by atoms with Gasteiger partial charge in [-0.05, 0) is 61.4 Å². The first-order chi connectivity index (χ1) is 17.1. The molecule has 1 saturated heterocycles. The average molecular weight is 500 g/mol. The number of H-pyrrole nitrogens is 1. The van der Waals surface area contributed by atoms with E-state index in [1.807, 2.05) is 24.3 Å². The summed E-state index contributed by atoms with van der Waals surface area (Å²) in [4.78, 5) is 34.1. The number of nitrogens with two attached hydrogens (primary N) is 1. The van der Waals surface area contributed by atoms with Crippen LogP contribution in [0.4, 0.5) is 19.1 Å². The number of hydrogen-bond donors (Lipinski definition) is 3. The molecular weight excluding hydrogens is 471 g/mol. The summed E-state index contributed by atoms with van der Waals surface area (Å²) in [6.07, 6.45) is -1.83. The molecule has 1 fully saturated rings. The number of aromatic amines is 1. The molecule has 7 nitrogen and oxygen atoms in total. The van der Waals surface area contributed by atoms with Crippen LogP contribution in [0.15, 0.2) is 54.1 Å². The minimum Gasteiger partial charge on any atom is -0.398 e. The number of halogens is 3. The second-order valence-corrected chi connectivity index (χ2v) is 9.01. The van der Waals surface area contributed by atoms with E-state index in [1.54, 1.807) is 11.8 Å². The van der Waals surface area contributed by atoms with Gasteiger partial charge in [0.15, 0.2) is 0 Å². The van der Waals surface area contributed by atoms with Gasteiger partial charge in [0, 0.05) is 31.3 Å². The van der Waals surface area contributed by atoms with Crippen LogP contribution in [0.1, 0.15) is 43.7 Å². The lowest BCUT2D eigenvalue weighted by molar-refractivity contribution is -0.137. The summed E-state index contributed by atoms with van der Waals surface area (Å²) >= 11 is 0. The van der Waals surface area contributed by atoms with Crippen molar-refractivity contribution in [2.24, 2.45) is 11.7 Å². The van der Waals surface area contributed by atoms with E-state index >= 15 is 0 Å². The van der Waals surface area contributed by atoms with E-state index in [0.717, 1.165) is 30.5 Å². The van der Waals surface area contributed by atoms with Crippen LogP contribution in [0.5, 0.6) is 0 Å². The van der Waals surface area contributed by atoms with Crippen LogP contribution in [0.25, 0.3) is 16.7 Å². The summed E-state index contributed by atoms with van der Waals surface area (Å²) in [5.41, 5.74) is 7.76. The van der Waals surface area contributed by atoms with Gasteiger partial charge in [-0.3, -0.25) is 14.9 Å². The van der Waals surface area contributed by atoms with Crippen molar-refractivity contribution in [3.63, 3.8) is 0 Å². The predicted octanol–water partition coefficient (Wildman–Crippen LogP) is 4.93. The first kappa shape index (κ1) is 25.3. The molecule has 10 heteroatoms. The lowest BCUT2D eigenvalue weighted by atomic mass is 9.89. The predicted molar refractivity (Wildman–Crippen MR) is 131 cm³/mol. The normalized spacial score (nSPS) is 15.6. The number of para-hydroxylation sites is 2. The molecular formula is C26H28F3N5O2. The number of carbonyl (C=O) groups excluding carboxylic acids is 2. The topological polar surface area (TPSA) is 104 Å². The van der Waals surface area contributed by atoms with Crippen molar-refractivity contribution < 1.29 is 22.8 Å². The molecule has 4 N–H and O–H groups in total. The van der Waals surface area contributed by atoms with Crippen molar-refractivity contribution in [1.82, 2.24) is 14.9 Å². The number of anilines is 1. The molecule has 1 aromatic heterocycles. The Kier molecular flexibility index (Phi) is 7.32. The Morgan fingerprint density at radius 3 is 2.39 bits per heavy atom. The first-order valence-electron chi connectivity index (χ1n) is 11.8. The van der Waals surface area contributed by atoms with Crippen LogP contribution >= 0.6 is 0 Å². The highest BCUT2D eigenvalue weighted by atomic mass is 19.4. The Labute approximate surface area is 206 Å². The third kappa shape index (κ3) is 5.87. The zero-order valence-electron chi connectivity index (χ0n) is 19.9. The number of rotatable bonds is 6. The first-order valence-corrected chi connectivity index (χ1v) is 11.8. The van der Waals surface area contributed by atoms with E-state index in [2.05, 4.69) is 15.3 Å². The van der Waals surface area contributed by atoms with Crippen molar-refractivity contribution in [1.29, 1.82) is 0 Å². The van der Waals surface area contributed by atoms with Crippen LogP contribution < -0.4 is 11.1 Å². The van der Waals surface area contributed by atoms with Crippen LogP contribution in [0.3, 0.4) is 0 Å². The van der Waals surface area contributed by atoms with Crippen molar-refractivity contribution >= 4 is 34.5 Å². The maximum atomic E-state index is 13.3. The third-order valence-electron chi connectivity index (χ3n) is 6.61. The van der Waals surface area contributed by atoms with E-state index in [1.165, 1.54) is 12.1 Å². The maximum Gasteiger partial charge on any atom is 0.416 e. The quantitative estimate of drug-likeness (QED) is 0.419. The van der Waals surface area contributed by atoms with E-state index in [9.17, 15) is 22.8 Å². The molecule has 4 rings (SSSR count). The van der Waals surface area contributed by atoms with Crippen LogP contribution in [0.2, 0.25) is 0 Å². The number of likely N-dealkylation sites (tertiary alicyclic amines) is 1. The van der Waals surface area contributed by atoms with Gasteiger partial charge in [-0.25, -0.2) is 4.98 Å². The lowest BCUT2D eigenvalue weighted by Crippen LogP contribution is -2.37. The second kappa shape index (κ2) is 10.4. The van der Waals surface area contributed by atoms with E-state index in [-0.39, 0.29) is 23.1 Å². The summed E-state index contributed by atoms with van der Waals surface area (Å²) < 4.78 is 39.0. The lowest BCUT2D eigenvalue weighted by Gasteiger charge is -2.31. The number of hydrogen-bond acceptors (Lipinski definition) is 4. The Morgan fingerprint density at radius 1 is 1.11 bits per heavy atom. The Bertz CT molecular complexity index is 1240. The number of piperidine rings is 1. The minimum atomic E-state index is -4.47. The third-order valence-corrected chi connectivity index (χ3v) is 6.61. The molecule has 0 saturated carbocycles. The van der Waals surface area contributed by atoms with Gasteiger partial charge in [0.2, 0.25) is 11.9 Å². The van der Waals surface area contributed by atoms with Gasteiger partial charge >= 0.3 is 6.18 Å². The number of amides is 2. The summed E-state index contributed by atoms with van der Waals surface area (Å²) in [7, 11) is 0. The van der Waals surface area contributed by atoms with E-state index < -0.39 is 17.6 Å². The van der Waals surface area contributed by atoms with Gasteiger partial charge in [-0.1, -0.05) is 24.3 Å².